The summed E-state index contributed by atoms with van der Waals surface area (Å²) in [5, 5.41) is 2.50. The number of hydrogen-bond donors (Lipinski definition) is 1. The van der Waals surface area contributed by atoms with Crippen molar-refractivity contribution < 1.29 is 27.5 Å². The molecule has 1 saturated heterocycles. The van der Waals surface area contributed by atoms with E-state index in [9.17, 15) is 18.0 Å². The first-order chi connectivity index (χ1) is 11.2. The van der Waals surface area contributed by atoms with E-state index < -0.39 is 27.6 Å². The number of sulfone groups is 1. The SMILES string of the molecule is CC1(C)OC(=O)C(=CNc2ccc(S(=O)(=O)C3CC3)cc2)C(=O)O1. The van der Waals surface area contributed by atoms with Gasteiger partial charge in [0, 0.05) is 25.7 Å². The number of carbonyl (C=O) groups is 2. The average molecular weight is 351 g/mol. The normalized spacial score (nSPS) is 20.2. The number of anilines is 1. The molecule has 0 atom stereocenters. The molecule has 1 aliphatic carbocycles. The van der Waals surface area contributed by atoms with Crippen molar-refractivity contribution in [2.24, 2.45) is 0 Å². The molecule has 1 heterocycles. The van der Waals surface area contributed by atoms with Gasteiger partial charge in [-0.25, -0.2) is 18.0 Å². The van der Waals surface area contributed by atoms with Crippen LogP contribution in [0.1, 0.15) is 26.7 Å². The Bertz CT molecular complexity index is 797. The van der Waals surface area contributed by atoms with Crippen LogP contribution in [0.25, 0.3) is 0 Å². The van der Waals surface area contributed by atoms with E-state index in [0.717, 1.165) is 0 Å². The van der Waals surface area contributed by atoms with Crippen molar-refractivity contribution in [3.63, 3.8) is 0 Å². The van der Waals surface area contributed by atoms with E-state index in [-0.39, 0.29) is 15.7 Å². The molecule has 3 rings (SSSR count). The molecule has 1 aromatic carbocycles. The van der Waals surface area contributed by atoms with Gasteiger partial charge in [0.1, 0.15) is 0 Å². The number of hydrogen-bond acceptors (Lipinski definition) is 7. The van der Waals surface area contributed by atoms with Crippen LogP contribution in [-0.4, -0.2) is 31.4 Å². The van der Waals surface area contributed by atoms with Gasteiger partial charge in [-0.05, 0) is 37.1 Å². The highest BCUT2D eigenvalue weighted by Gasteiger charge is 2.39. The standard InChI is InChI=1S/C16H17NO6S/c1-16(2)22-14(18)13(15(19)23-16)9-17-10-3-5-11(6-4-10)24(20,21)12-7-8-12/h3-6,9,12,17H,7-8H2,1-2H3. The third-order valence-electron chi connectivity index (χ3n) is 3.65. The Labute approximate surface area is 139 Å². The molecule has 0 spiro atoms. The van der Waals surface area contributed by atoms with E-state index in [0.29, 0.717) is 18.5 Å². The fourth-order valence-corrected chi connectivity index (χ4v) is 3.90. The van der Waals surface area contributed by atoms with Crippen LogP contribution < -0.4 is 5.32 Å². The lowest BCUT2D eigenvalue weighted by Crippen LogP contribution is -2.42. The average Bonchev–Trinajstić information content (AvgIpc) is 3.30. The van der Waals surface area contributed by atoms with Gasteiger partial charge in [-0.3, -0.25) is 0 Å². The molecule has 24 heavy (non-hydrogen) atoms. The zero-order valence-corrected chi connectivity index (χ0v) is 14.1. The van der Waals surface area contributed by atoms with Crippen LogP contribution in [-0.2, 0) is 28.9 Å². The number of rotatable bonds is 4. The summed E-state index contributed by atoms with van der Waals surface area (Å²) in [5.74, 6) is -2.85. The molecule has 0 amide bonds. The second kappa shape index (κ2) is 5.62. The molecule has 0 bridgehead atoms. The number of nitrogens with one attached hydrogen (secondary N) is 1. The number of benzene rings is 1. The molecular weight excluding hydrogens is 334 g/mol. The quantitative estimate of drug-likeness (QED) is 0.501. The molecule has 2 aliphatic rings. The zero-order chi connectivity index (χ0) is 17.5. The van der Waals surface area contributed by atoms with Crippen LogP contribution in [0.5, 0.6) is 0 Å². The fraction of sp³-hybridized carbons (Fsp3) is 0.375. The van der Waals surface area contributed by atoms with Crippen LogP contribution in [0, 0.1) is 0 Å². The van der Waals surface area contributed by atoms with Crippen LogP contribution >= 0.6 is 0 Å². The molecular formula is C16H17NO6S. The van der Waals surface area contributed by atoms with E-state index in [2.05, 4.69) is 5.32 Å². The predicted octanol–water partition coefficient (Wildman–Crippen LogP) is 1.75. The number of cyclic esters (lactones) is 2. The molecule has 2 fully saturated rings. The van der Waals surface area contributed by atoms with Crippen molar-refractivity contribution in [1.29, 1.82) is 0 Å². The summed E-state index contributed by atoms with van der Waals surface area (Å²) in [5.41, 5.74) is 0.270. The lowest BCUT2D eigenvalue weighted by Gasteiger charge is -2.29. The van der Waals surface area contributed by atoms with E-state index in [1.165, 1.54) is 32.2 Å². The Hall–Kier alpha value is -2.35. The second-order valence-corrected chi connectivity index (χ2v) is 8.38. The molecule has 8 heteroatoms. The molecule has 0 unspecified atom stereocenters. The molecule has 0 radical (unpaired) electrons. The van der Waals surface area contributed by atoms with Crippen molar-refractivity contribution in [2.45, 2.75) is 42.6 Å². The summed E-state index contributed by atoms with van der Waals surface area (Å²) >= 11 is 0. The Morgan fingerprint density at radius 2 is 1.62 bits per heavy atom. The minimum atomic E-state index is -3.24. The third-order valence-corrected chi connectivity index (χ3v) is 5.92. The monoisotopic (exact) mass is 351 g/mol. The molecule has 1 aliphatic heterocycles. The summed E-state index contributed by atoms with van der Waals surface area (Å²) in [6.45, 7) is 2.93. The predicted molar refractivity (Wildman–Crippen MR) is 84.6 cm³/mol. The van der Waals surface area contributed by atoms with Gasteiger partial charge in [-0.15, -0.1) is 0 Å². The van der Waals surface area contributed by atoms with Gasteiger partial charge < -0.3 is 14.8 Å². The first-order valence-corrected chi connectivity index (χ1v) is 9.01. The summed E-state index contributed by atoms with van der Waals surface area (Å²) in [6, 6.07) is 6.12. The van der Waals surface area contributed by atoms with E-state index in [1.54, 1.807) is 12.1 Å². The lowest BCUT2D eigenvalue weighted by molar-refractivity contribution is -0.222. The van der Waals surface area contributed by atoms with Gasteiger partial charge >= 0.3 is 11.9 Å². The van der Waals surface area contributed by atoms with Crippen molar-refractivity contribution in [1.82, 2.24) is 0 Å². The van der Waals surface area contributed by atoms with E-state index in [4.69, 9.17) is 9.47 Å². The van der Waals surface area contributed by atoms with Crippen LogP contribution in [0.4, 0.5) is 5.69 Å². The summed E-state index contributed by atoms with van der Waals surface area (Å²) in [4.78, 5) is 23.9. The summed E-state index contributed by atoms with van der Waals surface area (Å²) < 4.78 is 34.2. The van der Waals surface area contributed by atoms with E-state index >= 15 is 0 Å². The van der Waals surface area contributed by atoms with Gasteiger partial charge in [0.15, 0.2) is 15.4 Å². The van der Waals surface area contributed by atoms with Crippen LogP contribution in [0.2, 0.25) is 0 Å². The molecule has 1 N–H and O–H groups in total. The maximum atomic E-state index is 12.1. The lowest BCUT2D eigenvalue weighted by atomic mass is 10.2. The largest absolute Gasteiger partial charge is 0.419 e. The Kier molecular flexibility index (Phi) is 3.87. The van der Waals surface area contributed by atoms with Gasteiger partial charge in [0.2, 0.25) is 0 Å². The highest BCUT2D eigenvalue weighted by atomic mass is 32.2. The first kappa shape index (κ1) is 16.5. The Balaban J connectivity index is 1.73. The third kappa shape index (κ3) is 3.28. The maximum Gasteiger partial charge on any atom is 0.350 e. The maximum absolute atomic E-state index is 12.1. The molecule has 0 aromatic heterocycles. The van der Waals surface area contributed by atoms with Gasteiger partial charge in [0.25, 0.3) is 5.79 Å². The Morgan fingerprint density at radius 1 is 1.08 bits per heavy atom. The number of ether oxygens (including phenoxy) is 2. The molecule has 1 saturated carbocycles. The first-order valence-electron chi connectivity index (χ1n) is 7.46. The minimum absolute atomic E-state index is 0.260. The summed E-state index contributed by atoms with van der Waals surface area (Å²) in [6.07, 6.45) is 2.59. The van der Waals surface area contributed by atoms with Crippen LogP contribution in [0.15, 0.2) is 40.9 Å². The highest BCUT2D eigenvalue weighted by molar-refractivity contribution is 7.92. The topological polar surface area (TPSA) is 98.8 Å². The fourth-order valence-electron chi connectivity index (χ4n) is 2.25. The van der Waals surface area contributed by atoms with Gasteiger partial charge in [0.05, 0.1) is 10.1 Å². The zero-order valence-electron chi connectivity index (χ0n) is 13.2. The molecule has 1 aromatic rings. The highest BCUT2D eigenvalue weighted by Crippen LogP contribution is 2.33. The van der Waals surface area contributed by atoms with E-state index in [1.807, 2.05) is 0 Å². The smallest absolute Gasteiger partial charge is 0.350 e. The van der Waals surface area contributed by atoms with Crippen molar-refractivity contribution >= 4 is 27.5 Å². The van der Waals surface area contributed by atoms with Gasteiger partial charge in [-0.2, -0.15) is 0 Å². The summed E-state index contributed by atoms with van der Waals surface area (Å²) in [7, 11) is -3.24. The molecule has 7 nitrogen and oxygen atoms in total. The van der Waals surface area contributed by atoms with Crippen molar-refractivity contribution in [3.8, 4) is 0 Å². The second-order valence-electron chi connectivity index (χ2n) is 6.15. The number of esters is 2. The van der Waals surface area contributed by atoms with Crippen molar-refractivity contribution in [2.75, 3.05) is 5.32 Å². The minimum Gasteiger partial charge on any atom is -0.419 e. The Morgan fingerprint density at radius 3 is 2.12 bits per heavy atom. The van der Waals surface area contributed by atoms with Gasteiger partial charge in [-0.1, -0.05) is 0 Å². The molecule has 128 valence electrons. The number of carbonyl (C=O) groups excluding carboxylic acids is 2. The van der Waals surface area contributed by atoms with Crippen molar-refractivity contribution in [3.05, 3.63) is 36.0 Å². The van der Waals surface area contributed by atoms with Crippen LogP contribution in [0.3, 0.4) is 0 Å².